The van der Waals surface area contributed by atoms with E-state index in [9.17, 15) is 14.4 Å². The van der Waals surface area contributed by atoms with Crippen LogP contribution in [-0.4, -0.2) is 30.3 Å². The number of ketones is 1. The summed E-state index contributed by atoms with van der Waals surface area (Å²) < 4.78 is 5.21. The molecule has 5 heteroatoms. The first-order valence-corrected chi connectivity index (χ1v) is 9.91. The van der Waals surface area contributed by atoms with E-state index >= 15 is 0 Å². The molecule has 154 valence electrons. The van der Waals surface area contributed by atoms with Crippen LogP contribution in [0.15, 0.2) is 54.6 Å². The monoisotopic (exact) mass is 395 g/mol. The van der Waals surface area contributed by atoms with Crippen molar-refractivity contribution < 1.29 is 19.1 Å². The lowest BCUT2D eigenvalue weighted by molar-refractivity contribution is -0.148. The zero-order chi connectivity index (χ0) is 21.4. The lowest BCUT2D eigenvalue weighted by Crippen LogP contribution is -2.46. The number of ether oxygens (including phenoxy) is 1. The quantitative estimate of drug-likeness (QED) is 0.516. The summed E-state index contributed by atoms with van der Waals surface area (Å²) in [6.45, 7) is 7.45. The highest BCUT2D eigenvalue weighted by Crippen LogP contribution is 2.15. The van der Waals surface area contributed by atoms with Crippen LogP contribution in [0.1, 0.15) is 55.1 Å². The number of esters is 1. The van der Waals surface area contributed by atoms with Crippen LogP contribution in [0.25, 0.3) is 0 Å². The lowest BCUT2D eigenvalue weighted by atomic mass is 10.0. The normalized spacial score (nSPS) is 11.9. The Bertz CT molecular complexity index is 826. The van der Waals surface area contributed by atoms with Gasteiger partial charge in [-0.05, 0) is 23.0 Å². The lowest BCUT2D eigenvalue weighted by Gasteiger charge is -2.20. The van der Waals surface area contributed by atoms with Gasteiger partial charge in [-0.15, -0.1) is 0 Å². The second-order valence-corrected chi connectivity index (χ2v) is 7.76. The van der Waals surface area contributed by atoms with Crippen molar-refractivity contribution in [3.05, 3.63) is 71.3 Å². The Balaban J connectivity index is 1.91. The molecule has 2 aromatic carbocycles. The summed E-state index contributed by atoms with van der Waals surface area (Å²) in [6, 6.07) is 15.8. The number of hydrogen-bond acceptors (Lipinski definition) is 4. The molecule has 0 aliphatic heterocycles. The largest absolute Gasteiger partial charge is 0.456 e. The first kappa shape index (κ1) is 22.3. The van der Waals surface area contributed by atoms with Crippen LogP contribution >= 0.6 is 0 Å². The third kappa shape index (κ3) is 6.86. The summed E-state index contributed by atoms with van der Waals surface area (Å²) >= 11 is 0. The smallest absolute Gasteiger partial charge is 0.329 e. The standard InChI is InChI=1S/C24H29NO4/c1-16(2)19-10-12-20(13-11-19)21(26)15-29-24(28)23(17(3)4)25-22(27)14-18-8-6-5-7-9-18/h5-13,16-17,23H,14-15H2,1-4H3,(H,25,27)/t23-/m0/s1. The van der Waals surface area contributed by atoms with E-state index in [1.807, 2.05) is 56.3 Å². The van der Waals surface area contributed by atoms with Gasteiger partial charge in [-0.1, -0.05) is 82.3 Å². The van der Waals surface area contributed by atoms with Crippen molar-refractivity contribution in [1.82, 2.24) is 5.32 Å². The number of nitrogens with one attached hydrogen (secondary N) is 1. The Morgan fingerprint density at radius 3 is 2.07 bits per heavy atom. The Hall–Kier alpha value is -2.95. The highest BCUT2D eigenvalue weighted by molar-refractivity contribution is 5.98. The van der Waals surface area contributed by atoms with E-state index in [-0.39, 0.29) is 30.6 Å². The van der Waals surface area contributed by atoms with E-state index in [0.29, 0.717) is 11.5 Å². The predicted molar refractivity (Wildman–Crippen MR) is 113 cm³/mol. The van der Waals surface area contributed by atoms with Gasteiger partial charge in [0.1, 0.15) is 6.04 Å². The molecule has 0 heterocycles. The van der Waals surface area contributed by atoms with Gasteiger partial charge in [0.25, 0.3) is 0 Å². The number of carbonyl (C=O) groups is 3. The van der Waals surface area contributed by atoms with Gasteiger partial charge in [0.05, 0.1) is 6.42 Å². The number of amides is 1. The molecule has 0 unspecified atom stereocenters. The van der Waals surface area contributed by atoms with Gasteiger partial charge in [0.2, 0.25) is 5.91 Å². The molecule has 2 aromatic rings. The van der Waals surface area contributed by atoms with Gasteiger partial charge in [0, 0.05) is 5.56 Å². The fourth-order valence-corrected chi connectivity index (χ4v) is 2.87. The molecule has 0 aliphatic rings. The third-order valence-electron chi connectivity index (χ3n) is 4.69. The van der Waals surface area contributed by atoms with Crippen molar-refractivity contribution in [1.29, 1.82) is 0 Å². The van der Waals surface area contributed by atoms with Gasteiger partial charge < -0.3 is 10.1 Å². The van der Waals surface area contributed by atoms with Crippen LogP contribution in [0.5, 0.6) is 0 Å². The summed E-state index contributed by atoms with van der Waals surface area (Å²) in [5.74, 6) is -0.922. The van der Waals surface area contributed by atoms with Crippen LogP contribution in [0.4, 0.5) is 0 Å². The van der Waals surface area contributed by atoms with E-state index in [4.69, 9.17) is 4.74 Å². The Morgan fingerprint density at radius 1 is 0.897 bits per heavy atom. The molecule has 0 radical (unpaired) electrons. The number of benzene rings is 2. The summed E-state index contributed by atoms with van der Waals surface area (Å²) in [4.78, 5) is 37.1. The number of carbonyl (C=O) groups excluding carboxylic acids is 3. The SMILES string of the molecule is CC(C)c1ccc(C(=O)COC(=O)[C@@H](NC(=O)Cc2ccccc2)C(C)C)cc1. The Labute approximate surface area is 172 Å². The molecule has 29 heavy (non-hydrogen) atoms. The molecule has 0 bridgehead atoms. The fraction of sp³-hybridized carbons (Fsp3) is 0.375. The highest BCUT2D eigenvalue weighted by Gasteiger charge is 2.26. The van der Waals surface area contributed by atoms with Crippen LogP contribution in [0.3, 0.4) is 0 Å². The summed E-state index contributed by atoms with van der Waals surface area (Å²) in [5.41, 5.74) is 2.50. The molecular formula is C24H29NO4. The van der Waals surface area contributed by atoms with Gasteiger partial charge >= 0.3 is 5.97 Å². The average molecular weight is 395 g/mol. The van der Waals surface area contributed by atoms with Crippen molar-refractivity contribution in [2.75, 3.05) is 6.61 Å². The summed E-state index contributed by atoms with van der Waals surface area (Å²) in [6.07, 6.45) is 0.179. The van der Waals surface area contributed by atoms with Crippen molar-refractivity contribution in [3.63, 3.8) is 0 Å². The predicted octanol–water partition coefficient (Wildman–Crippen LogP) is 3.92. The van der Waals surface area contributed by atoms with Crippen LogP contribution in [0, 0.1) is 5.92 Å². The third-order valence-corrected chi connectivity index (χ3v) is 4.69. The summed E-state index contributed by atoms with van der Waals surface area (Å²) in [7, 11) is 0. The van der Waals surface area contributed by atoms with Crippen LogP contribution in [0.2, 0.25) is 0 Å². The van der Waals surface area contributed by atoms with Crippen LogP contribution in [-0.2, 0) is 20.7 Å². The molecule has 0 fully saturated rings. The van der Waals surface area contributed by atoms with E-state index in [1.165, 1.54) is 0 Å². The zero-order valence-electron chi connectivity index (χ0n) is 17.5. The molecule has 0 aromatic heterocycles. The molecular weight excluding hydrogens is 366 g/mol. The van der Waals surface area contributed by atoms with E-state index in [2.05, 4.69) is 19.2 Å². The van der Waals surface area contributed by atoms with E-state index in [0.717, 1.165) is 11.1 Å². The molecule has 1 N–H and O–H groups in total. The first-order chi connectivity index (χ1) is 13.8. The average Bonchev–Trinajstić information content (AvgIpc) is 2.70. The second-order valence-electron chi connectivity index (χ2n) is 7.76. The highest BCUT2D eigenvalue weighted by atomic mass is 16.5. The Morgan fingerprint density at radius 2 is 1.52 bits per heavy atom. The molecule has 1 atom stereocenters. The topological polar surface area (TPSA) is 72.5 Å². The minimum atomic E-state index is -0.803. The molecule has 1 amide bonds. The maximum atomic E-state index is 12.5. The van der Waals surface area contributed by atoms with Crippen LogP contribution < -0.4 is 5.32 Å². The van der Waals surface area contributed by atoms with E-state index in [1.54, 1.807) is 12.1 Å². The number of rotatable bonds is 9. The molecule has 0 saturated carbocycles. The number of Topliss-reactive ketones (excluding diaryl/α,β-unsaturated/α-hetero) is 1. The summed E-state index contributed by atoms with van der Waals surface area (Å²) in [5, 5.41) is 2.72. The van der Waals surface area contributed by atoms with Crippen molar-refractivity contribution in [2.24, 2.45) is 5.92 Å². The maximum absolute atomic E-state index is 12.5. The molecule has 0 spiro atoms. The van der Waals surface area contributed by atoms with Gasteiger partial charge in [-0.3, -0.25) is 9.59 Å². The molecule has 5 nitrogen and oxygen atoms in total. The van der Waals surface area contributed by atoms with Gasteiger partial charge in [-0.25, -0.2) is 4.79 Å². The van der Waals surface area contributed by atoms with E-state index < -0.39 is 12.0 Å². The zero-order valence-corrected chi connectivity index (χ0v) is 17.5. The minimum Gasteiger partial charge on any atom is -0.456 e. The first-order valence-electron chi connectivity index (χ1n) is 9.91. The molecule has 0 saturated heterocycles. The maximum Gasteiger partial charge on any atom is 0.329 e. The number of hydrogen-bond donors (Lipinski definition) is 1. The molecule has 0 aliphatic carbocycles. The Kier molecular flexibility index (Phi) is 8.13. The van der Waals surface area contributed by atoms with Gasteiger partial charge in [0.15, 0.2) is 12.4 Å². The van der Waals surface area contributed by atoms with Crippen molar-refractivity contribution in [2.45, 2.75) is 46.1 Å². The minimum absolute atomic E-state index is 0.164. The fourth-order valence-electron chi connectivity index (χ4n) is 2.87. The second kappa shape index (κ2) is 10.6. The molecule has 2 rings (SSSR count). The van der Waals surface area contributed by atoms with Crippen molar-refractivity contribution >= 4 is 17.7 Å². The van der Waals surface area contributed by atoms with Gasteiger partial charge in [-0.2, -0.15) is 0 Å². The van der Waals surface area contributed by atoms with Crippen molar-refractivity contribution in [3.8, 4) is 0 Å².